The van der Waals surface area contributed by atoms with Gasteiger partial charge >= 0.3 is 5.69 Å². The highest BCUT2D eigenvalue weighted by Crippen LogP contribution is 2.29. The number of likely N-dealkylation sites (tertiary alicyclic amines) is 1. The number of Topliss-reactive ketones (excluding diaryl/α,β-unsaturated/α-hetero) is 1. The van der Waals surface area contributed by atoms with E-state index >= 15 is 0 Å². The average molecular weight is 796 g/mol. The molecule has 3 heterocycles. The standard InChI is InChI=1S/C25H23N3O3.C22H20F2N2O2/c1-16-3-7-18(8-4-16)13-14-26-23(29)19-9-12-21-22(15-19)27-25(31)28(24(21)30)20-10-5-17(2)6-11-20;23-18-3-4-19(20(24)12-18)21(27)22(28)6-9-26(10-7-22)14-15-1-2-17-13-25-8-5-16(17)11-15/h3-12,15H,13-14H2,1-2H3,(H,26,29)(H,27,31);1-5,8,11-13,28H,6-7,9-10,14H2. The van der Waals surface area contributed by atoms with E-state index in [4.69, 9.17) is 0 Å². The predicted octanol–water partition coefficient (Wildman–Crippen LogP) is 6.99. The van der Waals surface area contributed by atoms with Gasteiger partial charge in [0.2, 0.25) is 0 Å². The Kier molecular flexibility index (Phi) is 12.0. The number of aliphatic hydroxyl groups is 1. The van der Waals surface area contributed by atoms with Crippen molar-refractivity contribution in [3.63, 3.8) is 0 Å². The number of piperidine rings is 1. The molecule has 5 aromatic carbocycles. The maximum absolute atomic E-state index is 13.9. The minimum Gasteiger partial charge on any atom is -0.382 e. The molecule has 1 amide bonds. The van der Waals surface area contributed by atoms with Crippen LogP contribution in [0, 0.1) is 25.5 Å². The first-order valence-electron chi connectivity index (χ1n) is 19.3. The highest BCUT2D eigenvalue weighted by molar-refractivity contribution is 6.02. The predicted molar refractivity (Wildman–Crippen MR) is 224 cm³/mol. The molecule has 1 aliphatic rings. The first-order valence-corrected chi connectivity index (χ1v) is 19.3. The third kappa shape index (κ3) is 9.41. The Labute approximate surface area is 338 Å². The molecule has 2 aromatic heterocycles. The molecular formula is C47H43F2N5O5. The van der Waals surface area contributed by atoms with Crippen molar-refractivity contribution in [3.8, 4) is 5.69 Å². The van der Waals surface area contributed by atoms with E-state index in [0.29, 0.717) is 54.4 Å². The molecule has 10 nitrogen and oxygen atoms in total. The molecule has 0 saturated carbocycles. The van der Waals surface area contributed by atoms with E-state index in [2.05, 4.69) is 26.3 Å². The molecule has 8 rings (SSSR count). The number of aromatic nitrogens is 3. The van der Waals surface area contributed by atoms with E-state index in [9.17, 15) is 33.1 Å². The maximum Gasteiger partial charge on any atom is 0.333 e. The van der Waals surface area contributed by atoms with Gasteiger partial charge < -0.3 is 15.4 Å². The van der Waals surface area contributed by atoms with Gasteiger partial charge in [-0.25, -0.2) is 18.1 Å². The molecule has 0 bridgehead atoms. The van der Waals surface area contributed by atoms with Gasteiger partial charge in [-0.2, -0.15) is 0 Å². The van der Waals surface area contributed by atoms with Gasteiger partial charge in [-0.05, 0) is 104 Å². The number of carbonyl (C=O) groups excluding carboxylic acids is 2. The van der Waals surface area contributed by atoms with E-state index < -0.39 is 34.3 Å². The van der Waals surface area contributed by atoms with Crippen molar-refractivity contribution in [1.82, 2.24) is 24.8 Å². The molecule has 12 heteroatoms. The Hall–Kier alpha value is -6.63. The Bertz CT molecular complexity index is 2780. The number of amides is 1. The first-order chi connectivity index (χ1) is 28.4. The van der Waals surface area contributed by atoms with Crippen molar-refractivity contribution >= 4 is 33.4 Å². The second kappa shape index (κ2) is 17.5. The fraction of sp³-hybridized carbons (Fsp3) is 0.213. The van der Waals surface area contributed by atoms with Gasteiger partial charge in [-0.1, -0.05) is 59.7 Å². The van der Waals surface area contributed by atoms with Crippen LogP contribution >= 0.6 is 0 Å². The zero-order chi connectivity index (χ0) is 41.7. The fourth-order valence-corrected chi connectivity index (χ4v) is 7.19. The summed E-state index contributed by atoms with van der Waals surface area (Å²) in [5, 5.41) is 16.2. The molecule has 1 saturated heterocycles. The smallest absolute Gasteiger partial charge is 0.333 e. The van der Waals surface area contributed by atoms with Crippen molar-refractivity contribution in [2.75, 3.05) is 19.6 Å². The number of fused-ring (bicyclic) bond motifs is 2. The molecule has 1 fully saturated rings. The molecule has 300 valence electrons. The van der Waals surface area contributed by atoms with Gasteiger partial charge in [0.05, 0.1) is 22.2 Å². The molecule has 3 N–H and O–H groups in total. The third-order valence-electron chi connectivity index (χ3n) is 10.7. The van der Waals surface area contributed by atoms with Crippen LogP contribution < -0.4 is 16.6 Å². The molecule has 59 heavy (non-hydrogen) atoms. The average Bonchev–Trinajstić information content (AvgIpc) is 3.23. The Morgan fingerprint density at radius 1 is 0.814 bits per heavy atom. The molecule has 7 aromatic rings. The summed E-state index contributed by atoms with van der Waals surface area (Å²) < 4.78 is 28.1. The van der Waals surface area contributed by atoms with Gasteiger partial charge in [0.25, 0.3) is 11.5 Å². The van der Waals surface area contributed by atoms with Crippen molar-refractivity contribution in [3.05, 3.63) is 187 Å². The summed E-state index contributed by atoms with van der Waals surface area (Å²) >= 11 is 0. The van der Waals surface area contributed by atoms with Crippen LogP contribution in [-0.2, 0) is 13.0 Å². The lowest BCUT2D eigenvalue weighted by Crippen LogP contribution is -2.49. The minimum atomic E-state index is -1.62. The number of ketones is 1. The number of aryl methyl sites for hydroxylation is 2. The van der Waals surface area contributed by atoms with Crippen LogP contribution in [0.2, 0.25) is 0 Å². The molecule has 1 aliphatic heterocycles. The Morgan fingerprint density at radius 3 is 2.22 bits per heavy atom. The number of nitrogens with one attached hydrogen (secondary N) is 2. The van der Waals surface area contributed by atoms with E-state index in [1.165, 1.54) is 5.56 Å². The summed E-state index contributed by atoms with van der Waals surface area (Å²) in [4.78, 5) is 59.6. The lowest BCUT2D eigenvalue weighted by Gasteiger charge is -2.37. The van der Waals surface area contributed by atoms with Crippen LogP contribution in [0.4, 0.5) is 8.78 Å². The van der Waals surface area contributed by atoms with Crippen molar-refractivity contribution in [2.24, 2.45) is 0 Å². The molecular weight excluding hydrogens is 753 g/mol. The first kappa shape index (κ1) is 40.6. The van der Waals surface area contributed by atoms with E-state index in [-0.39, 0.29) is 24.3 Å². The number of H-pyrrole nitrogens is 1. The monoisotopic (exact) mass is 795 g/mol. The number of nitrogens with zero attached hydrogens (tertiary/aromatic N) is 3. The number of halogens is 2. The highest BCUT2D eigenvalue weighted by atomic mass is 19.1. The molecule has 0 radical (unpaired) electrons. The van der Waals surface area contributed by atoms with Gasteiger partial charge in [0, 0.05) is 55.6 Å². The summed E-state index contributed by atoms with van der Waals surface area (Å²) in [5.74, 6) is -2.62. The number of hydrogen-bond acceptors (Lipinski definition) is 7. The second-order valence-electron chi connectivity index (χ2n) is 15.0. The number of hydrogen-bond donors (Lipinski definition) is 3. The zero-order valence-electron chi connectivity index (χ0n) is 32.7. The van der Waals surface area contributed by atoms with Gasteiger partial charge in [0.15, 0.2) is 5.78 Å². The fourth-order valence-electron chi connectivity index (χ4n) is 7.19. The summed E-state index contributed by atoms with van der Waals surface area (Å²) in [7, 11) is 0. The van der Waals surface area contributed by atoms with Crippen LogP contribution in [0.5, 0.6) is 0 Å². The number of aromatic amines is 1. The molecule has 0 spiro atoms. The number of carbonyl (C=O) groups is 2. The van der Waals surface area contributed by atoms with Crippen LogP contribution in [0.25, 0.3) is 27.4 Å². The lowest BCUT2D eigenvalue weighted by atomic mass is 9.84. The van der Waals surface area contributed by atoms with E-state index in [1.54, 1.807) is 36.5 Å². The quantitative estimate of drug-likeness (QED) is 0.134. The second-order valence-corrected chi connectivity index (χ2v) is 15.0. The van der Waals surface area contributed by atoms with Gasteiger partial charge in [-0.3, -0.25) is 24.3 Å². The highest BCUT2D eigenvalue weighted by Gasteiger charge is 2.40. The summed E-state index contributed by atoms with van der Waals surface area (Å²) in [5.41, 5.74) is 2.88. The Morgan fingerprint density at radius 2 is 1.51 bits per heavy atom. The third-order valence-corrected chi connectivity index (χ3v) is 10.7. The topological polar surface area (TPSA) is 137 Å². The largest absolute Gasteiger partial charge is 0.382 e. The number of rotatable bonds is 9. The van der Waals surface area contributed by atoms with Gasteiger partial charge in [-0.15, -0.1) is 0 Å². The van der Waals surface area contributed by atoms with E-state index in [1.807, 2.05) is 74.6 Å². The van der Waals surface area contributed by atoms with Crippen LogP contribution in [0.15, 0.2) is 131 Å². The summed E-state index contributed by atoms with van der Waals surface area (Å²) in [6, 6.07) is 31.0. The van der Waals surface area contributed by atoms with Crippen molar-refractivity contribution in [2.45, 2.75) is 45.3 Å². The van der Waals surface area contributed by atoms with Crippen LogP contribution in [0.1, 0.15) is 55.8 Å². The minimum absolute atomic E-state index is 0.208. The van der Waals surface area contributed by atoms with Gasteiger partial charge in [0.1, 0.15) is 17.2 Å². The lowest BCUT2D eigenvalue weighted by molar-refractivity contribution is -0.00809. The molecule has 0 atom stereocenters. The summed E-state index contributed by atoms with van der Waals surface area (Å²) in [6.45, 7) is 6.19. The van der Waals surface area contributed by atoms with Crippen molar-refractivity contribution in [1.29, 1.82) is 0 Å². The van der Waals surface area contributed by atoms with Crippen LogP contribution in [0.3, 0.4) is 0 Å². The maximum atomic E-state index is 13.9. The molecule has 0 aliphatic carbocycles. The van der Waals surface area contributed by atoms with Crippen LogP contribution in [-0.4, -0.2) is 61.5 Å². The van der Waals surface area contributed by atoms with E-state index in [0.717, 1.165) is 50.6 Å². The normalized spacial score (nSPS) is 13.8. The number of pyridine rings is 1. The number of benzene rings is 5. The summed E-state index contributed by atoms with van der Waals surface area (Å²) in [6.07, 6.45) is 4.71. The Balaban J connectivity index is 0.000000180. The molecule has 0 unspecified atom stereocenters. The zero-order valence-corrected chi connectivity index (χ0v) is 32.7. The SMILES string of the molecule is Cc1ccc(CCNC(=O)c2ccc3c(=O)n(-c4ccc(C)cc4)c(=O)[nH]c3c2)cc1.O=C(c1ccc(F)cc1F)C1(O)CCN(Cc2ccc3cnccc3c2)CC1. The van der Waals surface area contributed by atoms with Crippen molar-refractivity contribution < 1.29 is 23.5 Å².